The summed E-state index contributed by atoms with van der Waals surface area (Å²) in [4.78, 5) is 4.50. The van der Waals surface area contributed by atoms with Gasteiger partial charge in [-0.25, -0.2) is 4.98 Å². The molecule has 0 saturated heterocycles. The summed E-state index contributed by atoms with van der Waals surface area (Å²) in [6, 6.07) is 4.24. The second-order valence-corrected chi connectivity index (χ2v) is 5.28. The topological polar surface area (TPSA) is 47.3 Å². The normalized spacial score (nSPS) is 11.3. The van der Waals surface area contributed by atoms with Crippen LogP contribution in [0.2, 0.25) is 0 Å². The van der Waals surface area contributed by atoms with Crippen LogP contribution in [0.25, 0.3) is 0 Å². The highest BCUT2D eigenvalue weighted by Gasteiger charge is 2.03. The zero-order chi connectivity index (χ0) is 12.8. The maximum atomic E-state index is 5.53. The van der Waals surface area contributed by atoms with E-state index in [4.69, 9.17) is 9.15 Å². The molecule has 0 fully saturated rings. The van der Waals surface area contributed by atoms with Crippen molar-refractivity contribution in [2.75, 3.05) is 0 Å². The van der Waals surface area contributed by atoms with Crippen LogP contribution in [0.5, 0.6) is 0 Å². The number of nitrogens with zero attached hydrogens (tertiary/aromatic N) is 1. The first-order valence-corrected chi connectivity index (χ1v) is 6.89. The molecule has 2 heterocycles. The van der Waals surface area contributed by atoms with Crippen molar-refractivity contribution in [1.29, 1.82) is 0 Å². The van der Waals surface area contributed by atoms with Crippen LogP contribution in [0.4, 0.5) is 0 Å². The van der Waals surface area contributed by atoms with Gasteiger partial charge in [0.25, 0.3) is 0 Å². The Balaban J connectivity index is 1.73. The Bertz CT molecular complexity index is 451. The van der Waals surface area contributed by atoms with Gasteiger partial charge in [0, 0.05) is 18.0 Å². The molecular weight excluding hydrogens is 248 g/mol. The van der Waals surface area contributed by atoms with Crippen LogP contribution in [0.15, 0.2) is 28.2 Å². The van der Waals surface area contributed by atoms with E-state index in [0.29, 0.717) is 19.3 Å². The maximum absolute atomic E-state index is 5.53. The zero-order valence-corrected chi connectivity index (χ0v) is 11.5. The molecule has 0 aliphatic rings. The van der Waals surface area contributed by atoms with E-state index in [0.717, 1.165) is 23.0 Å². The Morgan fingerprint density at radius 2 is 2.33 bits per heavy atom. The van der Waals surface area contributed by atoms with Crippen molar-refractivity contribution in [1.82, 2.24) is 10.3 Å². The van der Waals surface area contributed by atoms with Gasteiger partial charge in [0.15, 0.2) is 0 Å². The molecule has 0 amide bonds. The molecule has 2 aromatic rings. The molecule has 4 nitrogen and oxygen atoms in total. The minimum Gasteiger partial charge on any atom is -0.467 e. The number of rotatable bonds is 7. The third-order valence-electron chi connectivity index (χ3n) is 2.34. The fourth-order valence-corrected chi connectivity index (χ4v) is 2.17. The largest absolute Gasteiger partial charge is 0.467 e. The fourth-order valence-electron chi connectivity index (χ4n) is 1.44. The molecule has 98 valence electrons. The lowest BCUT2D eigenvalue weighted by molar-refractivity contribution is 0.0909. The average molecular weight is 266 g/mol. The van der Waals surface area contributed by atoms with Crippen LogP contribution in [0.3, 0.4) is 0 Å². The minimum absolute atomic E-state index is 0.479. The van der Waals surface area contributed by atoms with Gasteiger partial charge in [0.2, 0.25) is 0 Å². The van der Waals surface area contributed by atoms with Gasteiger partial charge in [-0.15, -0.1) is 11.3 Å². The van der Waals surface area contributed by atoms with Gasteiger partial charge in [0.1, 0.15) is 17.4 Å². The highest BCUT2D eigenvalue weighted by Crippen LogP contribution is 2.12. The number of furan rings is 1. The Morgan fingerprint density at radius 1 is 1.44 bits per heavy atom. The Hall–Kier alpha value is -1.17. The Morgan fingerprint density at radius 3 is 3.06 bits per heavy atom. The smallest absolute Gasteiger partial charge is 0.129 e. The van der Waals surface area contributed by atoms with Crippen molar-refractivity contribution in [3.05, 3.63) is 40.2 Å². The molecule has 0 radical (unpaired) electrons. The van der Waals surface area contributed by atoms with Crippen LogP contribution in [0.1, 0.15) is 30.3 Å². The molecule has 0 saturated carbocycles. The number of aromatic nitrogens is 1. The van der Waals surface area contributed by atoms with E-state index in [-0.39, 0.29) is 0 Å². The second-order valence-electron chi connectivity index (χ2n) is 4.34. The third-order valence-corrected chi connectivity index (χ3v) is 3.23. The number of ether oxygens (including phenoxy) is 1. The highest BCUT2D eigenvalue weighted by atomic mass is 32.1. The molecule has 0 unspecified atom stereocenters. The van der Waals surface area contributed by atoms with Crippen LogP contribution < -0.4 is 5.32 Å². The fraction of sp³-hybridized carbons (Fsp3) is 0.462. The lowest BCUT2D eigenvalue weighted by Gasteiger charge is -2.04. The highest BCUT2D eigenvalue weighted by molar-refractivity contribution is 7.09. The first-order valence-electron chi connectivity index (χ1n) is 6.01. The molecule has 2 rings (SSSR count). The molecule has 2 aromatic heterocycles. The monoisotopic (exact) mass is 266 g/mol. The van der Waals surface area contributed by atoms with Crippen LogP contribution in [-0.2, 0) is 24.5 Å². The summed E-state index contributed by atoms with van der Waals surface area (Å²) in [6.45, 7) is 6.09. The van der Waals surface area contributed by atoms with Crippen molar-refractivity contribution in [2.45, 2.75) is 39.6 Å². The van der Waals surface area contributed by atoms with E-state index in [1.165, 1.54) is 0 Å². The van der Waals surface area contributed by atoms with Crippen LogP contribution in [0, 0.1) is 0 Å². The number of hydrogen-bond donors (Lipinski definition) is 1. The maximum Gasteiger partial charge on any atom is 0.129 e. The summed E-state index contributed by atoms with van der Waals surface area (Å²) in [5.74, 6) is 0.840. The molecule has 0 bridgehead atoms. The van der Waals surface area contributed by atoms with Gasteiger partial charge >= 0.3 is 0 Å². The molecule has 0 atom stereocenters. The molecule has 0 spiro atoms. The van der Waals surface area contributed by atoms with Crippen LogP contribution >= 0.6 is 11.3 Å². The lowest BCUT2D eigenvalue weighted by atomic mass is 10.4. The summed E-state index contributed by atoms with van der Waals surface area (Å²) in [6.07, 6.45) is 1.65. The van der Waals surface area contributed by atoms with Crippen molar-refractivity contribution < 1.29 is 9.15 Å². The molecule has 0 aliphatic carbocycles. The summed E-state index contributed by atoms with van der Waals surface area (Å²) in [5, 5.41) is 6.48. The standard InChI is InChI=1S/C13H18N2O2S/c1-10(2)14-6-13-15-11(9-18-13)7-16-8-12-4-3-5-17-12/h3-5,9-10,14H,6-8H2,1-2H3. The van der Waals surface area contributed by atoms with E-state index >= 15 is 0 Å². The van der Waals surface area contributed by atoms with E-state index in [1.807, 2.05) is 17.5 Å². The van der Waals surface area contributed by atoms with Crippen molar-refractivity contribution in [2.24, 2.45) is 0 Å². The van der Waals surface area contributed by atoms with E-state index in [1.54, 1.807) is 17.6 Å². The van der Waals surface area contributed by atoms with E-state index in [2.05, 4.69) is 24.1 Å². The SMILES string of the molecule is CC(C)NCc1nc(COCc2ccco2)cs1. The lowest BCUT2D eigenvalue weighted by Crippen LogP contribution is -2.21. The predicted molar refractivity (Wildman–Crippen MR) is 71.3 cm³/mol. The molecule has 18 heavy (non-hydrogen) atoms. The van der Waals surface area contributed by atoms with Gasteiger partial charge in [-0.05, 0) is 12.1 Å². The zero-order valence-electron chi connectivity index (χ0n) is 10.7. The molecule has 0 aliphatic heterocycles. The second kappa shape index (κ2) is 6.68. The summed E-state index contributed by atoms with van der Waals surface area (Å²) in [7, 11) is 0. The first kappa shape index (κ1) is 13.3. The van der Waals surface area contributed by atoms with Crippen molar-refractivity contribution in [3.63, 3.8) is 0 Å². The van der Waals surface area contributed by atoms with Gasteiger partial charge < -0.3 is 14.5 Å². The Labute approximate surface area is 111 Å². The number of hydrogen-bond acceptors (Lipinski definition) is 5. The van der Waals surface area contributed by atoms with Crippen molar-refractivity contribution >= 4 is 11.3 Å². The number of thiazole rings is 1. The predicted octanol–water partition coefficient (Wildman–Crippen LogP) is 2.95. The van der Waals surface area contributed by atoms with Gasteiger partial charge in [-0.3, -0.25) is 0 Å². The molecule has 1 N–H and O–H groups in total. The first-order chi connectivity index (χ1) is 8.74. The van der Waals surface area contributed by atoms with Gasteiger partial charge in [-0.1, -0.05) is 13.8 Å². The quantitative estimate of drug-likeness (QED) is 0.837. The summed E-state index contributed by atoms with van der Waals surface area (Å²) >= 11 is 1.66. The third kappa shape index (κ3) is 4.25. The van der Waals surface area contributed by atoms with Gasteiger partial charge in [0.05, 0.1) is 18.6 Å². The summed E-state index contributed by atoms with van der Waals surface area (Å²) in [5.41, 5.74) is 0.979. The van der Waals surface area contributed by atoms with Crippen molar-refractivity contribution in [3.8, 4) is 0 Å². The molecule has 0 aromatic carbocycles. The summed E-state index contributed by atoms with van der Waals surface area (Å²) < 4.78 is 10.7. The number of nitrogens with one attached hydrogen (secondary N) is 1. The van der Waals surface area contributed by atoms with Gasteiger partial charge in [-0.2, -0.15) is 0 Å². The molecular formula is C13H18N2O2S. The van der Waals surface area contributed by atoms with Crippen LogP contribution in [-0.4, -0.2) is 11.0 Å². The van der Waals surface area contributed by atoms with E-state index in [9.17, 15) is 0 Å². The molecule has 5 heteroatoms. The van der Waals surface area contributed by atoms with E-state index < -0.39 is 0 Å². The average Bonchev–Trinajstić information content (AvgIpc) is 2.97. The Kier molecular flexibility index (Phi) is 4.92. The minimum atomic E-state index is 0.479.